The number of rotatable bonds is 5. The summed E-state index contributed by atoms with van der Waals surface area (Å²) in [5.74, 6) is -1.96. The van der Waals surface area contributed by atoms with Gasteiger partial charge in [-0.2, -0.15) is 0 Å². The zero-order valence-corrected chi connectivity index (χ0v) is 19.0. The van der Waals surface area contributed by atoms with Crippen molar-refractivity contribution in [2.24, 2.45) is 0 Å². The number of nitrogens with zero attached hydrogens (tertiary/aromatic N) is 1. The number of phenols is 1. The number of methoxy groups -OCH3 is 1. The summed E-state index contributed by atoms with van der Waals surface area (Å²) in [6.45, 7) is 3.71. The Hall–Kier alpha value is -4.13. The lowest BCUT2D eigenvalue weighted by atomic mass is 9.93. The minimum Gasteiger partial charge on any atom is -0.508 e. The number of aliphatic hydroxyl groups is 1. The van der Waals surface area contributed by atoms with Crippen LogP contribution in [0.25, 0.3) is 5.76 Å². The Balaban J connectivity index is 1.91. The molecule has 0 spiro atoms. The zero-order valence-electron chi connectivity index (χ0n) is 19.0. The van der Waals surface area contributed by atoms with Crippen molar-refractivity contribution < 1.29 is 28.9 Å². The maximum absolute atomic E-state index is 13.4. The fourth-order valence-electron chi connectivity index (χ4n) is 4.38. The molecule has 174 valence electrons. The SMILES string of the molecule is COc1c(C)cc(C)cc1/C(O)=C1\C(=O)C(=O)N(Cc2ccc(F)cc2)C1c1ccc(O)cc1. The predicted octanol–water partition coefficient (Wildman–Crippen LogP) is 4.78. The van der Waals surface area contributed by atoms with Crippen LogP contribution in [0.3, 0.4) is 0 Å². The van der Waals surface area contributed by atoms with E-state index in [0.717, 1.165) is 11.1 Å². The standard InChI is InChI=1S/C27H24FNO5/c1-15-12-16(2)26(34-3)21(13-15)24(31)22-23(18-6-10-20(30)11-7-18)29(27(33)25(22)32)14-17-4-8-19(28)9-5-17/h4-13,23,30-31H,14H2,1-3H3/b24-22+. The maximum atomic E-state index is 13.4. The first-order chi connectivity index (χ1) is 16.2. The van der Waals surface area contributed by atoms with Gasteiger partial charge in [-0.3, -0.25) is 9.59 Å². The fourth-order valence-corrected chi connectivity index (χ4v) is 4.38. The van der Waals surface area contributed by atoms with Gasteiger partial charge < -0.3 is 19.8 Å². The van der Waals surface area contributed by atoms with Gasteiger partial charge in [-0.05, 0) is 66.4 Å². The van der Waals surface area contributed by atoms with Crippen LogP contribution in [0, 0.1) is 19.7 Å². The van der Waals surface area contributed by atoms with Crippen LogP contribution < -0.4 is 4.74 Å². The van der Waals surface area contributed by atoms with Gasteiger partial charge in [0.05, 0.1) is 24.3 Å². The summed E-state index contributed by atoms with van der Waals surface area (Å²) in [7, 11) is 1.47. The third-order valence-corrected chi connectivity index (χ3v) is 5.89. The molecule has 34 heavy (non-hydrogen) atoms. The van der Waals surface area contributed by atoms with Crippen molar-refractivity contribution in [3.05, 3.63) is 99.9 Å². The highest BCUT2D eigenvalue weighted by atomic mass is 19.1. The van der Waals surface area contributed by atoms with E-state index in [2.05, 4.69) is 0 Å². The number of ketones is 1. The van der Waals surface area contributed by atoms with Crippen molar-refractivity contribution in [3.8, 4) is 11.5 Å². The minimum atomic E-state index is -0.920. The van der Waals surface area contributed by atoms with Crippen LogP contribution in [0.5, 0.6) is 11.5 Å². The molecule has 1 heterocycles. The van der Waals surface area contributed by atoms with E-state index in [9.17, 15) is 24.2 Å². The zero-order chi connectivity index (χ0) is 24.6. The largest absolute Gasteiger partial charge is 0.508 e. The van der Waals surface area contributed by atoms with Crippen LogP contribution in [0.15, 0.2) is 66.2 Å². The summed E-state index contributed by atoms with van der Waals surface area (Å²) in [6.07, 6.45) is 0. The molecule has 4 rings (SSSR count). The number of aromatic hydroxyl groups is 1. The molecule has 0 bridgehead atoms. The van der Waals surface area contributed by atoms with Gasteiger partial charge in [-0.1, -0.05) is 30.3 Å². The first kappa shape index (κ1) is 23.0. The number of halogens is 1. The monoisotopic (exact) mass is 461 g/mol. The summed E-state index contributed by atoms with van der Waals surface area (Å²) in [5.41, 5.74) is 3.00. The Morgan fingerprint density at radius 3 is 2.29 bits per heavy atom. The number of Topliss-reactive ketones (excluding diaryl/α,β-unsaturated/α-hetero) is 1. The summed E-state index contributed by atoms with van der Waals surface area (Å²) < 4.78 is 18.9. The third-order valence-electron chi connectivity index (χ3n) is 5.89. The van der Waals surface area contributed by atoms with Crippen molar-refractivity contribution in [1.82, 2.24) is 4.90 Å². The second-order valence-corrected chi connectivity index (χ2v) is 8.31. The van der Waals surface area contributed by atoms with Gasteiger partial charge in [0.25, 0.3) is 11.7 Å². The van der Waals surface area contributed by atoms with E-state index >= 15 is 0 Å². The van der Waals surface area contributed by atoms with E-state index in [1.165, 1.54) is 48.4 Å². The average Bonchev–Trinajstić information content (AvgIpc) is 3.05. The number of phenolic OH excluding ortho intramolecular Hbond substituents is 1. The molecule has 6 nitrogen and oxygen atoms in total. The fraction of sp³-hybridized carbons (Fsp3) is 0.185. The van der Waals surface area contributed by atoms with E-state index in [0.29, 0.717) is 22.4 Å². The second-order valence-electron chi connectivity index (χ2n) is 8.31. The molecule has 0 radical (unpaired) electrons. The molecule has 7 heteroatoms. The lowest BCUT2D eigenvalue weighted by molar-refractivity contribution is -0.140. The van der Waals surface area contributed by atoms with Gasteiger partial charge >= 0.3 is 0 Å². The van der Waals surface area contributed by atoms with Gasteiger partial charge in [-0.15, -0.1) is 0 Å². The van der Waals surface area contributed by atoms with Crippen LogP contribution in [-0.4, -0.2) is 33.9 Å². The van der Waals surface area contributed by atoms with Gasteiger partial charge in [0.1, 0.15) is 23.1 Å². The van der Waals surface area contributed by atoms with Gasteiger partial charge in [0.2, 0.25) is 0 Å². The molecule has 3 aromatic carbocycles. The lowest BCUT2D eigenvalue weighted by Gasteiger charge is -2.26. The average molecular weight is 461 g/mol. The highest BCUT2D eigenvalue weighted by Crippen LogP contribution is 2.42. The number of aryl methyl sites for hydroxylation is 2. The molecule has 0 aromatic heterocycles. The number of carbonyl (C=O) groups excluding carboxylic acids is 2. The minimum absolute atomic E-state index is 0.0233. The summed E-state index contributed by atoms with van der Waals surface area (Å²) in [5, 5.41) is 21.1. The molecule has 1 aliphatic heterocycles. The number of aliphatic hydroxyl groups excluding tert-OH is 1. The maximum Gasteiger partial charge on any atom is 0.295 e. The number of hydrogen-bond acceptors (Lipinski definition) is 5. The van der Waals surface area contributed by atoms with Gasteiger partial charge in [0.15, 0.2) is 0 Å². The molecule has 3 aromatic rings. The Morgan fingerprint density at radius 2 is 1.68 bits per heavy atom. The molecule has 1 aliphatic rings. The Kier molecular flexibility index (Phi) is 6.11. The molecular formula is C27H24FNO5. The molecule has 1 fully saturated rings. The molecule has 1 saturated heterocycles. The van der Waals surface area contributed by atoms with Crippen molar-refractivity contribution in [1.29, 1.82) is 0 Å². The quantitative estimate of drug-likeness (QED) is 0.324. The van der Waals surface area contributed by atoms with E-state index in [-0.39, 0.29) is 23.6 Å². The molecule has 0 saturated carbocycles. The smallest absolute Gasteiger partial charge is 0.295 e. The van der Waals surface area contributed by atoms with Crippen molar-refractivity contribution >= 4 is 17.4 Å². The Morgan fingerprint density at radius 1 is 1.03 bits per heavy atom. The number of likely N-dealkylation sites (tertiary alicyclic amines) is 1. The van der Waals surface area contributed by atoms with Crippen LogP contribution in [0.1, 0.15) is 33.9 Å². The van der Waals surface area contributed by atoms with E-state index in [4.69, 9.17) is 4.74 Å². The summed E-state index contributed by atoms with van der Waals surface area (Å²) in [6, 6.07) is 14.4. The number of amides is 1. The Bertz CT molecular complexity index is 1300. The molecule has 1 unspecified atom stereocenters. The Labute approximate surface area is 196 Å². The molecule has 1 atom stereocenters. The van der Waals surface area contributed by atoms with Crippen molar-refractivity contribution in [2.75, 3.05) is 7.11 Å². The number of carbonyl (C=O) groups is 2. The van der Waals surface area contributed by atoms with E-state index in [1.54, 1.807) is 18.2 Å². The number of hydrogen-bond donors (Lipinski definition) is 2. The van der Waals surface area contributed by atoms with E-state index in [1.807, 2.05) is 19.9 Å². The topological polar surface area (TPSA) is 87.1 Å². The third kappa shape index (κ3) is 4.12. The van der Waals surface area contributed by atoms with Crippen LogP contribution in [-0.2, 0) is 16.1 Å². The van der Waals surface area contributed by atoms with Crippen LogP contribution in [0.4, 0.5) is 4.39 Å². The van der Waals surface area contributed by atoms with Crippen LogP contribution in [0.2, 0.25) is 0 Å². The van der Waals surface area contributed by atoms with Crippen LogP contribution >= 0.6 is 0 Å². The summed E-state index contributed by atoms with van der Waals surface area (Å²) >= 11 is 0. The van der Waals surface area contributed by atoms with Crippen molar-refractivity contribution in [3.63, 3.8) is 0 Å². The van der Waals surface area contributed by atoms with Gasteiger partial charge in [-0.25, -0.2) is 4.39 Å². The molecule has 2 N–H and O–H groups in total. The first-order valence-electron chi connectivity index (χ1n) is 10.7. The normalized spacial score (nSPS) is 17.3. The predicted molar refractivity (Wildman–Crippen MR) is 125 cm³/mol. The second kappa shape index (κ2) is 9.02. The highest BCUT2D eigenvalue weighted by Gasteiger charge is 2.46. The lowest BCUT2D eigenvalue weighted by Crippen LogP contribution is -2.29. The number of ether oxygens (including phenoxy) is 1. The molecule has 1 amide bonds. The van der Waals surface area contributed by atoms with Crippen molar-refractivity contribution in [2.45, 2.75) is 26.4 Å². The molecule has 0 aliphatic carbocycles. The molecular weight excluding hydrogens is 437 g/mol. The number of benzene rings is 3. The van der Waals surface area contributed by atoms with Gasteiger partial charge in [0, 0.05) is 6.54 Å². The highest BCUT2D eigenvalue weighted by molar-refractivity contribution is 6.46. The summed E-state index contributed by atoms with van der Waals surface area (Å²) in [4.78, 5) is 27.7. The van der Waals surface area contributed by atoms with E-state index < -0.39 is 23.5 Å². The first-order valence-corrected chi connectivity index (χ1v) is 10.7.